The predicted molar refractivity (Wildman–Crippen MR) is 140 cm³/mol. The van der Waals surface area contributed by atoms with Gasteiger partial charge in [-0.05, 0) is 84.2 Å². The highest BCUT2D eigenvalue weighted by Gasteiger charge is 2.40. The molecule has 1 amide bonds. The molecule has 1 aromatic carbocycles. The molecule has 1 N–H and O–H groups in total. The van der Waals surface area contributed by atoms with E-state index in [2.05, 4.69) is 15.3 Å². The summed E-state index contributed by atoms with van der Waals surface area (Å²) in [5.74, 6) is -0.618. The lowest BCUT2D eigenvalue weighted by molar-refractivity contribution is -0.148. The molecule has 1 aromatic heterocycles. The van der Waals surface area contributed by atoms with Crippen molar-refractivity contribution in [3.63, 3.8) is 0 Å². The summed E-state index contributed by atoms with van der Waals surface area (Å²) in [6, 6.07) is 3.80. The lowest BCUT2D eigenvalue weighted by atomic mass is 9.89. The molecule has 0 fully saturated rings. The number of rotatable bonds is 5. The Hall–Kier alpha value is -3.06. The molecule has 0 saturated carbocycles. The third kappa shape index (κ3) is 6.38. The summed E-state index contributed by atoms with van der Waals surface area (Å²) < 4.78 is 5.81. The van der Waals surface area contributed by atoms with Crippen LogP contribution in [0, 0.1) is 25.2 Å². The van der Waals surface area contributed by atoms with Gasteiger partial charge in [-0.15, -0.1) is 0 Å². The molecule has 7 nitrogen and oxygen atoms in total. The molecule has 0 radical (unpaired) electrons. The number of ketones is 1. The zero-order valence-corrected chi connectivity index (χ0v) is 23.0. The van der Waals surface area contributed by atoms with Gasteiger partial charge in [-0.3, -0.25) is 14.4 Å². The van der Waals surface area contributed by atoms with Crippen LogP contribution in [0.1, 0.15) is 71.1 Å². The summed E-state index contributed by atoms with van der Waals surface area (Å²) in [4.78, 5) is 47.7. The molecule has 0 aliphatic heterocycles. The van der Waals surface area contributed by atoms with Crippen LogP contribution in [0.4, 0.5) is 0 Å². The monoisotopic (exact) mass is 511 g/mol. The number of nitrogens with zero attached hydrogens (tertiary/aromatic N) is 2. The van der Waals surface area contributed by atoms with Crippen molar-refractivity contribution in [2.75, 3.05) is 0 Å². The lowest BCUT2D eigenvalue weighted by Gasteiger charge is -2.21. The van der Waals surface area contributed by atoms with E-state index in [-0.39, 0.29) is 24.5 Å². The van der Waals surface area contributed by atoms with E-state index in [4.69, 9.17) is 16.3 Å². The normalized spacial score (nSPS) is 16.4. The van der Waals surface area contributed by atoms with E-state index in [0.717, 1.165) is 16.7 Å². The Morgan fingerprint density at radius 2 is 1.61 bits per heavy atom. The maximum absolute atomic E-state index is 13.7. The fourth-order valence-corrected chi connectivity index (χ4v) is 4.28. The molecular formula is C28H34ClN3O4. The van der Waals surface area contributed by atoms with E-state index in [1.807, 2.05) is 46.8 Å². The zero-order valence-electron chi connectivity index (χ0n) is 22.2. The highest BCUT2D eigenvalue weighted by atomic mass is 35.5. The first-order valence-corrected chi connectivity index (χ1v) is 12.3. The standard InChI is InChI=1S/C28H34ClN3O4/c1-15-9-18(25-30-13-19(29)14-31-25)10-16(2)22(15)23-20(36-26(35)27(3,4)5)11-17(24(23)34)12-21(33)32-28(6,7)8/h9-10,13-14,17H,11-12H2,1-8H3,(H,32,33). The Labute approximate surface area is 217 Å². The van der Waals surface area contributed by atoms with Gasteiger partial charge >= 0.3 is 5.97 Å². The molecule has 0 spiro atoms. The number of carbonyl (C=O) groups is 3. The van der Waals surface area contributed by atoms with E-state index in [9.17, 15) is 14.4 Å². The van der Waals surface area contributed by atoms with Gasteiger partial charge in [0.15, 0.2) is 11.6 Å². The van der Waals surface area contributed by atoms with Crippen molar-refractivity contribution in [2.45, 2.75) is 73.8 Å². The average molecular weight is 512 g/mol. The predicted octanol–water partition coefficient (Wildman–Crippen LogP) is 5.61. The van der Waals surface area contributed by atoms with E-state index < -0.39 is 22.8 Å². The molecule has 1 atom stereocenters. The maximum atomic E-state index is 13.7. The van der Waals surface area contributed by atoms with Crippen molar-refractivity contribution in [2.24, 2.45) is 11.3 Å². The fourth-order valence-electron chi connectivity index (χ4n) is 4.19. The minimum atomic E-state index is -0.747. The van der Waals surface area contributed by atoms with Crippen LogP contribution in [0.25, 0.3) is 17.0 Å². The first-order chi connectivity index (χ1) is 16.6. The van der Waals surface area contributed by atoms with Gasteiger partial charge < -0.3 is 10.1 Å². The second-order valence-electron chi connectivity index (χ2n) is 11.4. The minimum absolute atomic E-state index is 0.0188. The smallest absolute Gasteiger partial charge is 0.316 e. The second kappa shape index (κ2) is 10.1. The van der Waals surface area contributed by atoms with Gasteiger partial charge in [0.05, 0.1) is 16.0 Å². The van der Waals surface area contributed by atoms with Gasteiger partial charge in [0.1, 0.15) is 5.76 Å². The van der Waals surface area contributed by atoms with Crippen molar-refractivity contribution >= 4 is 34.8 Å². The molecule has 1 aliphatic carbocycles. The Bertz CT molecular complexity index is 1210. The molecule has 2 aromatic rings. The number of Topliss-reactive ketones (excluding diaryl/α,β-unsaturated/α-hetero) is 1. The van der Waals surface area contributed by atoms with Crippen molar-refractivity contribution in [1.29, 1.82) is 0 Å². The molecule has 0 bridgehead atoms. The van der Waals surface area contributed by atoms with Crippen LogP contribution < -0.4 is 5.32 Å². The van der Waals surface area contributed by atoms with Gasteiger partial charge in [0.25, 0.3) is 0 Å². The van der Waals surface area contributed by atoms with Gasteiger partial charge in [-0.25, -0.2) is 9.97 Å². The number of nitrogens with one attached hydrogen (secondary N) is 1. The Kier molecular flexibility index (Phi) is 7.75. The highest BCUT2D eigenvalue weighted by Crippen LogP contribution is 2.41. The molecule has 1 aliphatic rings. The van der Waals surface area contributed by atoms with Gasteiger partial charge in [-0.2, -0.15) is 0 Å². The van der Waals surface area contributed by atoms with Crippen molar-refractivity contribution in [3.05, 3.63) is 52.0 Å². The molecule has 1 heterocycles. The van der Waals surface area contributed by atoms with Crippen LogP contribution in [0.2, 0.25) is 5.02 Å². The van der Waals surface area contributed by atoms with Crippen molar-refractivity contribution in [1.82, 2.24) is 15.3 Å². The largest absolute Gasteiger partial charge is 0.430 e. The Balaban J connectivity index is 2.04. The molecule has 0 saturated heterocycles. The summed E-state index contributed by atoms with van der Waals surface area (Å²) in [5.41, 5.74) is 2.32. The number of carbonyl (C=O) groups excluding carboxylic acids is 3. The number of amides is 1. The fraction of sp³-hybridized carbons (Fsp3) is 0.464. The number of halogens is 1. The molecule has 192 valence electrons. The Morgan fingerprint density at radius 1 is 1.06 bits per heavy atom. The number of hydrogen-bond acceptors (Lipinski definition) is 6. The second-order valence-corrected chi connectivity index (χ2v) is 11.9. The Morgan fingerprint density at radius 3 is 2.11 bits per heavy atom. The first kappa shape index (κ1) is 27.5. The van der Waals surface area contributed by atoms with Crippen molar-refractivity contribution in [3.8, 4) is 11.4 Å². The maximum Gasteiger partial charge on any atom is 0.316 e. The summed E-state index contributed by atoms with van der Waals surface area (Å²) in [6.07, 6.45) is 3.27. The molecule has 3 rings (SSSR count). The quantitative estimate of drug-likeness (QED) is 0.524. The minimum Gasteiger partial charge on any atom is -0.430 e. The van der Waals surface area contributed by atoms with E-state index in [1.54, 1.807) is 20.8 Å². The van der Waals surface area contributed by atoms with Crippen molar-refractivity contribution < 1.29 is 19.1 Å². The van der Waals surface area contributed by atoms with Crippen LogP contribution in [-0.2, 0) is 19.1 Å². The SMILES string of the molecule is Cc1cc(-c2ncc(Cl)cn2)cc(C)c1C1=C(OC(=O)C(C)(C)C)CC(CC(=O)NC(C)(C)C)C1=O. The van der Waals surface area contributed by atoms with Crippen LogP contribution in [-0.4, -0.2) is 33.2 Å². The van der Waals surface area contributed by atoms with Crippen LogP contribution in [0.15, 0.2) is 30.3 Å². The topological polar surface area (TPSA) is 98.2 Å². The number of ether oxygens (including phenoxy) is 1. The molecule has 36 heavy (non-hydrogen) atoms. The van der Waals surface area contributed by atoms with Crippen LogP contribution >= 0.6 is 11.6 Å². The number of aromatic nitrogens is 2. The van der Waals surface area contributed by atoms with Crippen LogP contribution in [0.5, 0.6) is 0 Å². The average Bonchev–Trinajstić information content (AvgIpc) is 3.01. The number of allylic oxidation sites excluding steroid dienone is 2. The zero-order chi connectivity index (χ0) is 27.0. The molecular weight excluding hydrogens is 478 g/mol. The summed E-state index contributed by atoms with van der Waals surface area (Å²) in [6.45, 7) is 14.7. The van der Waals surface area contributed by atoms with E-state index >= 15 is 0 Å². The number of esters is 1. The lowest BCUT2D eigenvalue weighted by Crippen LogP contribution is -2.41. The van der Waals surface area contributed by atoms with E-state index in [1.165, 1.54) is 12.4 Å². The number of hydrogen-bond donors (Lipinski definition) is 1. The molecule has 8 heteroatoms. The van der Waals surface area contributed by atoms with Gasteiger partial charge in [-0.1, -0.05) is 11.6 Å². The third-order valence-electron chi connectivity index (χ3n) is 5.76. The summed E-state index contributed by atoms with van der Waals surface area (Å²) >= 11 is 5.93. The summed E-state index contributed by atoms with van der Waals surface area (Å²) in [7, 11) is 0. The van der Waals surface area contributed by atoms with Gasteiger partial charge in [0.2, 0.25) is 5.91 Å². The summed E-state index contributed by atoms with van der Waals surface area (Å²) in [5, 5.41) is 3.35. The van der Waals surface area contributed by atoms with Crippen LogP contribution in [0.3, 0.4) is 0 Å². The third-order valence-corrected chi connectivity index (χ3v) is 5.96. The first-order valence-electron chi connectivity index (χ1n) is 12.0. The van der Waals surface area contributed by atoms with E-state index in [0.29, 0.717) is 27.7 Å². The van der Waals surface area contributed by atoms with Gasteiger partial charge in [0, 0.05) is 42.3 Å². The molecule has 1 unspecified atom stereocenters. The number of aryl methyl sites for hydroxylation is 2. The highest BCUT2D eigenvalue weighted by molar-refractivity contribution is 6.30. The number of benzene rings is 1.